The van der Waals surface area contributed by atoms with Gasteiger partial charge in [0.2, 0.25) is 11.8 Å². The first-order valence-electron chi connectivity index (χ1n) is 10.5. The molecule has 158 valence electrons. The Balaban J connectivity index is 1.43. The monoisotopic (exact) mass is 414 g/mol. The van der Waals surface area contributed by atoms with Crippen molar-refractivity contribution in [2.75, 3.05) is 25.1 Å². The molecular weight excluding hydrogens is 388 g/mol. The molecule has 5 nitrogen and oxygen atoms in total. The van der Waals surface area contributed by atoms with Gasteiger partial charge >= 0.3 is 0 Å². The Morgan fingerprint density at radius 3 is 2.10 bits per heavy atom. The third-order valence-corrected chi connectivity index (χ3v) is 5.76. The molecule has 1 heterocycles. The molecular formula is C26H26N2O3. The quantitative estimate of drug-likeness (QED) is 0.636. The first kappa shape index (κ1) is 20.7. The average molecular weight is 415 g/mol. The van der Waals surface area contributed by atoms with Crippen molar-refractivity contribution in [1.29, 1.82) is 0 Å². The van der Waals surface area contributed by atoms with Crippen LogP contribution in [0, 0.1) is 5.92 Å². The van der Waals surface area contributed by atoms with Crippen LogP contribution in [-0.4, -0.2) is 32.0 Å². The van der Waals surface area contributed by atoms with Crippen molar-refractivity contribution in [2.45, 2.75) is 12.3 Å². The second-order valence-corrected chi connectivity index (χ2v) is 7.72. The maximum atomic E-state index is 12.9. The summed E-state index contributed by atoms with van der Waals surface area (Å²) in [7, 11) is 1.61. The fourth-order valence-electron chi connectivity index (χ4n) is 4.04. The molecule has 3 aromatic rings. The van der Waals surface area contributed by atoms with Crippen LogP contribution in [0.25, 0.3) is 0 Å². The molecule has 0 radical (unpaired) electrons. The van der Waals surface area contributed by atoms with E-state index in [-0.39, 0.29) is 30.1 Å². The Hall–Kier alpha value is -3.60. The Labute approximate surface area is 182 Å². The van der Waals surface area contributed by atoms with Crippen molar-refractivity contribution in [1.82, 2.24) is 5.32 Å². The molecule has 1 saturated heterocycles. The molecule has 3 aromatic carbocycles. The third-order valence-electron chi connectivity index (χ3n) is 5.76. The summed E-state index contributed by atoms with van der Waals surface area (Å²) in [6.45, 7) is 0.873. The Morgan fingerprint density at radius 1 is 0.968 bits per heavy atom. The number of carbonyl (C=O) groups is 2. The molecule has 1 aliphatic rings. The van der Waals surface area contributed by atoms with Crippen molar-refractivity contribution in [3.63, 3.8) is 0 Å². The van der Waals surface area contributed by atoms with Crippen LogP contribution in [0.2, 0.25) is 0 Å². The van der Waals surface area contributed by atoms with Crippen LogP contribution in [0.5, 0.6) is 5.75 Å². The fourth-order valence-corrected chi connectivity index (χ4v) is 4.04. The van der Waals surface area contributed by atoms with Gasteiger partial charge < -0.3 is 15.0 Å². The predicted molar refractivity (Wildman–Crippen MR) is 121 cm³/mol. The molecule has 0 aliphatic carbocycles. The van der Waals surface area contributed by atoms with Crippen molar-refractivity contribution in [2.24, 2.45) is 5.92 Å². The topological polar surface area (TPSA) is 58.6 Å². The number of hydrogen-bond acceptors (Lipinski definition) is 3. The second kappa shape index (κ2) is 9.47. The van der Waals surface area contributed by atoms with Crippen molar-refractivity contribution in [3.8, 4) is 5.75 Å². The van der Waals surface area contributed by atoms with E-state index >= 15 is 0 Å². The van der Waals surface area contributed by atoms with Crippen molar-refractivity contribution in [3.05, 3.63) is 96.1 Å². The van der Waals surface area contributed by atoms with Crippen LogP contribution < -0.4 is 15.0 Å². The highest BCUT2D eigenvalue weighted by molar-refractivity contribution is 6.00. The molecule has 1 atom stereocenters. The number of nitrogens with zero attached hydrogens (tertiary/aromatic N) is 1. The van der Waals surface area contributed by atoms with Gasteiger partial charge in [-0.1, -0.05) is 60.7 Å². The van der Waals surface area contributed by atoms with E-state index in [1.165, 1.54) is 0 Å². The van der Waals surface area contributed by atoms with Gasteiger partial charge in [-0.3, -0.25) is 9.59 Å². The van der Waals surface area contributed by atoms with E-state index in [0.29, 0.717) is 13.1 Å². The molecule has 0 spiro atoms. The molecule has 0 bridgehead atoms. The maximum Gasteiger partial charge on any atom is 0.227 e. The lowest BCUT2D eigenvalue weighted by Gasteiger charge is -2.20. The van der Waals surface area contributed by atoms with E-state index in [2.05, 4.69) is 29.6 Å². The summed E-state index contributed by atoms with van der Waals surface area (Å²) in [6.07, 6.45) is 0.221. The van der Waals surface area contributed by atoms with E-state index in [4.69, 9.17) is 4.74 Å². The Morgan fingerprint density at radius 2 is 1.55 bits per heavy atom. The normalized spacial score (nSPS) is 15.9. The summed E-state index contributed by atoms with van der Waals surface area (Å²) >= 11 is 0. The van der Waals surface area contributed by atoms with Gasteiger partial charge in [0.15, 0.2) is 0 Å². The van der Waals surface area contributed by atoms with E-state index in [9.17, 15) is 9.59 Å². The zero-order valence-electron chi connectivity index (χ0n) is 17.5. The van der Waals surface area contributed by atoms with Crippen LogP contribution in [-0.2, 0) is 9.59 Å². The van der Waals surface area contributed by atoms with E-state index < -0.39 is 0 Å². The smallest absolute Gasteiger partial charge is 0.227 e. The predicted octanol–water partition coefficient (Wildman–Crippen LogP) is 4.00. The van der Waals surface area contributed by atoms with Gasteiger partial charge in [0.25, 0.3) is 0 Å². The third kappa shape index (κ3) is 4.77. The van der Waals surface area contributed by atoms with E-state index in [0.717, 1.165) is 22.6 Å². The van der Waals surface area contributed by atoms with Gasteiger partial charge in [0.1, 0.15) is 5.75 Å². The minimum atomic E-state index is -0.359. The number of benzene rings is 3. The van der Waals surface area contributed by atoms with Gasteiger partial charge in [0.05, 0.1) is 13.0 Å². The molecule has 31 heavy (non-hydrogen) atoms. The molecule has 0 aromatic heterocycles. The number of ether oxygens (including phenoxy) is 1. The highest BCUT2D eigenvalue weighted by Gasteiger charge is 2.35. The minimum Gasteiger partial charge on any atom is -0.497 e. The maximum absolute atomic E-state index is 12.9. The lowest BCUT2D eigenvalue weighted by molar-refractivity contribution is -0.126. The van der Waals surface area contributed by atoms with Gasteiger partial charge in [-0.2, -0.15) is 0 Å². The number of amides is 2. The molecule has 4 rings (SSSR count). The number of methoxy groups -OCH3 is 1. The second-order valence-electron chi connectivity index (χ2n) is 7.72. The van der Waals surface area contributed by atoms with Crippen LogP contribution in [0.1, 0.15) is 23.5 Å². The number of rotatable bonds is 7. The first-order chi connectivity index (χ1) is 15.2. The lowest BCUT2D eigenvalue weighted by atomic mass is 9.91. The summed E-state index contributed by atoms with van der Waals surface area (Å²) in [5.41, 5.74) is 3.08. The Kier molecular flexibility index (Phi) is 6.32. The fraction of sp³-hybridized carbons (Fsp3) is 0.231. The van der Waals surface area contributed by atoms with E-state index in [1.807, 2.05) is 60.7 Å². The molecule has 5 heteroatoms. The first-order valence-corrected chi connectivity index (χ1v) is 10.5. The van der Waals surface area contributed by atoms with Crippen LogP contribution in [0.3, 0.4) is 0 Å². The largest absolute Gasteiger partial charge is 0.497 e. The molecule has 1 N–H and O–H groups in total. The zero-order chi connectivity index (χ0) is 21.6. The molecule has 1 aliphatic heterocycles. The molecule has 1 fully saturated rings. The van der Waals surface area contributed by atoms with Gasteiger partial charge in [-0.15, -0.1) is 0 Å². The number of hydrogen-bond donors (Lipinski definition) is 1. The Bertz CT molecular complexity index is 980. The van der Waals surface area contributed by atoms with Gasteiger partial charge in [-0.05, 0) is 35.4 Å². The zero-order valence-corrected chi connectivity index (χ0v) is 17.5. The summed E-state index contributed by atoms with van der Waals surface area (Å²) in [5, 5.41) is 3.09. The van der Waals surface area contributed by atoms with E-state index in [1.54, 1.807) is 12.0 Å². The molecule has 1 unspecified atom stereocenters. The van der Waals surface area contributed by atoms with Gasteiger partial charge in [0, 0.05) is 31.1 Å². The summed E-state index contributed by atoms with van der Waals surface area (Å²) < 4.78 is 5.18. The molecule has 0 saturated carbocycles. The number of nitrogens with one attached hydrogen (secondary N) is 1. The highest BCUT2D eigenvalue weighted by Crippen LogP contribution is 2.28. The van der Waals surface area contributed by atoms with Crippen molar-refractivity contribution >= 4 is 17.5 Å². The SMILES string of the molecule is COc1ccc(N2CC(C(=O)NCC(c3ccccc3)c3ccccc3)CC2=O)cc1. The van der Waals surface area contributed by atoms with Crippen LogP contribution in [0.15, 0.2) is 84.9 Å². The van der Waals surface area contributed by atoms with Crippen LogP contribution >= 0.6 is 0 Å². The number of carbonyl (C=O) groups excluding carboxylic acids is 2. The lowest BCUT2D eigenvalue weighted by Crippen LogP contribution is -2.35. The number of anilines is 1. The van der Waals surface area contributed by atoms with Crippen LogP contribution in [0.4, 0.5) is 5.69 Å². The highest BCUT2D eigenvalue weighted by atomic mass is 16.5. The van der Waals surface area contributed by atoms with Gasteiger partial charge in [-0.25, -0.2) is 0 Å². The standard InChI is InChI=1S/C26H26N2O3/c1-31-23-14-12-22(13-15-23)28-18-21(16-25(28)29)26(30)27-17-24(19-8-4-2-5-9-19)20-10-6-3-7-11-20/h2-15,21,24H,16-18H2,1H3,(H,27,30). The summed E-state index contributed by atoms with van der Waals surface area (Å²) in [4.78, 5) is 27.1. The van der Waals surface area contributed by atoms with Crippen molar-refractivity contribution < 1.29 is 14.3 Å². The summed E-state index contributed by atoms with van der Waals surface area (Å²) in [6, 6.07) is 27.7. The average Bonchev–Trinajstić information content (AvgIpc) is 3.22. The molecule has 2 amide bonds. The minimum absolute atomic E-state index is 0.0343. The summed E-state index contributed by atoms with van der Waals surface area (Å²) in [5.74, 6) is 0.315.